The molecule has 0 saturated carbocycles. The Morgan fingerprint density at radius 3 is 3.09 bits per heavy atom. The van der Waals surface area contributed by atoms with E-state index in [1.165, 1.54) is 18.6 Å². The highest BCUT2D eigenvalue weighted by atomic mass is 33.1. The van der Waals surface area contributed by atoms with Gasteiger partial charge < -0.3 is 10.3 Å². The highest BCUT2D eigenvalue weighted by molar-refractivity contribution is 8.77. The zero-order valence-corrected chi connectivity index (χ0v) is 15.0. The van der Waals surface area contributed by atoms with Gasteiger partial charge in [0.2, 0.25) is 5.91 Å². The van der Waals surface area contributed by atoms with Crippen LogP contribution in [-0.4, -0.2) is 26.9 Å². The van der Waals surface area contributed by atoms with Gasteiger partial charge in [-0.25, -0.2) is 4.98 Å². The molecule has 0 radical (unpaired) electrons. The Labute approximate surface area is 145 Å². The van der Waals surface area contributed by atoms with Crippen LogP contribution in [0, 0.1) is 0 Å². The standard InChI is InChI=1S/C17H23N3OS2/c1-12(17-19-14-7-3-4-8-15(14)20-17)18-16(21)9-5-2-6-13-10-11-22-23-13/h3-4,7-8,12-13H,2,5-6,9-11H2,1H3,(H,18,21)(H,19,20)/t12-,13+/m0/s1. The molecule has 6 heteroatoms. The van der Waals surface area contributed by atoms with Crippen molar-refractivity contribution in [1.29, 1.82) is 0 Å². The van der Waals surface area contributed by atoms with E-state index in [1.54, 1.807) is 0 Å². The van der Waals surface area contributed by atoms with Crippen LogP contribution in [0.25, 0.3) is 11.0 Å². The van der Waals surface area contributed by atoms with E-state index in [4.69, 9.17) is 0 Å². The van der Waals surface area contributed by atoms with Gasteiger partial charge in [-0.05, 0) is 38.3 Å². The van der Waals surface area contributed by atoms with E-state index >= 15 is 0 Å². The summed E-state index contributed by atoms with van der Waals surface area (Å²) in [6, 6.07) is 7.84. The van der Waals surface area contributed by atoms with E-state index in [0.29, 0.717) is 6.42 Å². The molecule has 0 spiro atoms. The fourth-order valence-corrected chi connectivity index (χ4v) is 5.81. The molecule has 2 heterocycles. The van der Waals surface area contributed by atoms with Crippen molar-refractivity contribution >= 4 is 38.5 Å². The summed E-state index contributed by atoms with van der Waals surface area (Å²) in [4.78, 5) is 19.9. The van der Waals surface area contributed by atoms with Crippen LogP contribution in [0.5, 0.6) is 0 Å². The van der Waals surface area contributed by atoms with Crippen molar-refractivity contribution in [3.8, 4) is 0 Å². The van der Waals surface area contributed by atoms with Crippen molar-refractivity contribution in [2.24, 2.45) is 0 Å². The molecule has 0 unspecified atom stereocenters. The summed E-state index contributed by atoms with van der Waals surface area (Å²) < 4.78 is 0. The summed E-state index contributed by atoms with van der Waals surface area (Å²) in [7, 11) is 4.00. The molecule has 1 fully saturated rings. The lowest BCUT2D eigenvalue weighted by Gasteiger charge is -2.12. The quantitative estimate of drug-likeness (QED) is 0.572. The van der Waals surface area contributed by atoms with E-state index < -0.39 is 0 Å². The molecular weight excluding hydrogens is 326 g/mol. The Balaban J connectivity index is 1.41. The van der Waals surface area contributed by atoms with Crippen molar-refractivity contribution in [3.63, 3.8) is 0 Å². The third-order valence-corrected chi connectivity index (χ3v) is 7.11. The summed E-state index contributed by atoms with van der Waals surface area (Å²) in [6.07, 6.45) is 5.29. The van der Waals surface area contributed by atoms with Gasteiger partial charge in [0.25, 0.3) is 0 Å². The van der Waals surface area contributed by atoms with Gasteiger partial charge in [-0.3, -0.25) is 4.79 Å². The predicted molar refractivity (Wildman–Crippen MR) is 99.6 cm³/mol. The van der Waals surface area contributed by atoms with Gasteiger partial charge in [0, 0.05) is 17.4 Å². The topological polar surface area (TPSA) is 57.8 Å². The molecule has 1 aliphatic rings. The van der Waals surface area contributed by atoms with E-state index in [0.717, 1.165) is 34.9 Å². The molecule has 1 amide bonds. The number of aromatic nitrogens is 2. The fraction of sp³-hybridized carbons (Fsp3) is 0.529. The number of hydrogen-bond acceptors (Lipinski definition) is 4. The maximum atomic E-state index is 12.1. The number of unbranched alkanes of at least 4 members (excludes halogenated alkanes) is 1. The van der Waals surface area contributed by atoms with Gasteiger partial charge >= 0.3 is 0 Å². The van der Waals surface area contributed by atoms with E-state index in [1.807, 2.05) is 52.8 Å². The van der Waals surface area contributed by atoms with E-state index in [9.17, 15) is 4.79 Å². The van der Waals surface area contributed by atoms with Crippen molar-refractivity contribution in [3.05, 3.63) is 30.1 Å². The van der Waals surface area contributed by atoms with Gasteiger partial charge in [-0.2, -0.15) is 0 Å². The first-order valence-electron chi connectivity index (χ1n) is 8.24. The Morgan fingerprint density at radius 2 is 2.30 bits per heavy atom. The van der Waals surface area contributed by atoms with Crippen LogP contribution in [0.4, 0.5) is 0 Å². The lowest BCUT2D eigenvalue weighted by Crippen LogP contribution is -2.27. The van der Waals surface area contributed by atoms with Crippen LogP contribution in [-0.2, 0) is 4.79 Å². The maximum absolute atomic E-state index is 12.1. The fourth-order valence-electron chi connectivity index (χ4n) is 2.78. The third-order valence-electron chi connectivity index (χ3n) is 4.10. The zero-order valence-electron chi connectivity index (χ0n) is 13.4. The number of rotatable bonds is 7. The largest absolute Gasteiger partial charge is 0.346 e. The smallest absolute Gasteiger partial charge is 0.220 e. The molecule has 1 aromatic carbocycles. The minimum absolute atomic E-state index is 0.0864. The van der Waals surface area contributed by atoms with Gasteiger partial charge in [0.1, 0.15) is 5.82 Å². The van der Waals surface area contributed by atoms with Gasteiger partial charge in [0.15, 0.2) is 0 Å². The summed E-state index contributed by atoms with van der Waals surface area (Å²) in [5.74, 6) is 2.22. The maximum Gasteiger partial charge on any atom is 0.220 e. The number of carbonyl (C=O) groups is 1. The molecule has 2 N–H and O–H groups in total. The number of hydrogen-bond donors (Lipinski definition) is 2. The molecule has 23 heavy (non-hydrogen) atoms. The normalized spacial score (nSPS) is 19.1. The predicted octanol–water partition coefficient (Wildman–Crippen LogP) is 4.45. The number of para-hydroxylation sites is 2. The molecule has 2 atom stereocenters. The molecule has 3 rings (SSSR count). The number of nitrogens with zero attached hydrogens (tertiary/aromatic N) is 1. The Bertz CT molecular complexity index is 619. The van der Waals surface area contributed by atoms with Crippen molar-refractivity contribution < 1.29 is 4.79 Å². The molecule has 1 aliphatic heterocycles. The Kier molecular flexibility index (Phi) is 5.89. The monoisotopic (exact) mass is 349 g/mol. The van der Waals surface area contributed by atoms with Crippen LogP contribution in [0.3, 0.4) is 0 Å². The average Bonchev–Trinajstić information content (AvgIpc) is 3.20. The second-order valence-corrected chi connectivity index (χ2v) is 8.79. The van der Waals surface area contributed by atoms with Crippen LogP contribution >= 0.6 is 21.6 Å². The number of H-pyrrole nitrogens is 1. The molecule has 1 saturated heterocycles. The molecule has 124 valence electrons. The third kappa shape index (κ3) is 4.67. The summed E-state index contributed by atoms with van der Waals surface area (Å²) in [5, 5.41) is 3.85. The lowest BCUT2D eigenvalue weighted by molar-refractivity contribution is -0.121. The first-order valence-corrected chi connectivity index (χ1v) is 10.6. The lowest BCUT2D eigenvalue weighted by atomic mass is 10.1. The van der Waals surface area contributed by atoms with Crippen molar-refractivity contribution in [2.45, 2.75) is 50.3 Å². The Morgan fingerprint density at radius 1 is 1.43 bits per heavy atom. The molecule has 2 aromatic rings. The number of benzene rings is 1. The second kappa shape index (κ2) is 8.11. The number of nitrogens with one attached hydrogen (secondary N) is 2. The van der Waals surface area contributed by atoms with E-state index in [-0.39, 0.29) is 11.9 Å². The number of imidazole rings is 1. The molecule has 0 aliphatic carbocycles. The first-order chi connectivity index (χ1) is 11.2. The molecule has 0 bridgehead atoms. The van der Waals surface area contributed by atoms with Crippen LogP contribution < -0.4 is 5.32 Å². The average molecular weight is 350 g/mol. The number of amides is 1. The van der Waals surface area contributed by atoms with Crippen molar-refractivity contribution in [2.75, 3.05) is 5.75 Å². The highest BCUT2D eigenvalue weighted by Crippen LogP contribution is 2.39. The second-order valence-electron chi connectivity index (χ2n) is 6.00. The Hall–Kier alpha value is -1.14. The molecule has 4 nitrogen and oxygen atoms in total. The summed E-state index contributed by atoms with van der Waals surface area (Å²) in [5.41, 5.74) is 1.95. The number of carbonyl (C=O) groups excluding carboxylic acids is 1. The zero-order chi connectivity index (χ0) is 16.1. The molecule has 1 aromatic heterocycles. The van der Waals surface area contributed by atoms with Crippen LogP contribution in [0.15, 0.2) is 24.3 Å². The number of aromatic amines is 1. The van der Waals surface area contributed by atoms with Crippen LogP contribution in [0.2, 0.25) is 0 Å². The van der Waals surface area contributed by atoms with Crippen molar-refractivity contribution in [1.82, 2.24) is 15.3 Å². The minimum atomic E-state index is -0.0864. The summed E-state index contributed by atoms with van der Waals surface area (Å²) in [6.45, 7) is 1.97. The van der Waals surface area contributed by atoms with Gasteiger partial charge in [-0.1, -0.05) is 40.1 Å². The van der Waals surface area contributed by atoms with Crippen LogP contribution in [0.1, 0.15) is 50.9 Å². The van der Waals surface area contributed by atoms with Gasteiger partial charge in [-0.15, -0.1) is 0 Å². The van der Waals surface area contributed by atoms with E-state index in [2.05, 4.69) is 15.3 Å². The first kappa shape index (κ1) is 16.7. The SMILES string of the molecule is C[C@H](NC(=O)CCCC[C@@H]1CCSS1)c1nc2ccccc2[nH]1. The minimum Gasteiger partial charge on any atom is -0.346 e. The number of fused-ring (bicyclic) bond motifs is 1. The van der Waals surface area contributed by atoms with Gasteiger partial charge in [0.05, 0.1) is 17.1 Å². The summed E-state index contributed by atoms with van der Waals surface area (Å²) >= 11 is 0. The highest BCUT2D eigenvalue weighted by Gasteiger charge is 2.16. The molecular formula is C17H23N3OS2.